The van der Waals surface area contributed by atoms with Crippen molar-refractivity contribution >= 4 is 50.2 Å². The van der Waals surface area contributed by atoms with Gasteiger partial charge in [0, 0.05) is 18.9 Å². The third-order valence-electron chi connectivity index (χ3n) is 3.17. The Kier molecular flexibility index (Phi) is 5.26. The second kappa shape index (κ2) is 6.73. The molecule has 0 radical (unpaired) electrons. The van der Waals surface area contributed by atoms with Crippen LogP contribution in [0.2, 0.25) is 5.02 Å². The SMILES string of the molecule is CC(=O)NC1=NN(C(C)=O)[C@](C)(CS(=O)(=O)c2ccc(Cl)cc2)S1. The van der Waals surface area contributed by atoms with Crippen molar-refractivity contribution in [3.05, 3.63) is 29.3 Å². The minimum atomic E-state index is -3.70. The van der Waals surface area contributed by atoms with Gasteiger partial charge < -0.3 is 5.32 Å². The number of thioether (sulfide) groups is 1. The number of carbonyl (C=O) groups is 2. The molecule has 0 aliphatic carbocycles. The van der Waals surface area contributed by atoms with Gasteiger partial charge in [0.1, 0.15) is 4.87 Å². The zero-order valence-electron chi connectivity index (χ0n) is 13.2. The van der Waals surface area contributed by atoms with E-state index in [0.29, 0.717) is 5.02 Å². The molecule has 0 saturated carbocycles. The lowest BCUT2D eigenvalue weighted by molar-refractivity contribution is -0.131. The summed E-state index contributed by atoms with van der Waals surface area (Å²) in [5.74, 6) is -1.13. The Bertz CT molecular complexity index is 808. The maximum absolute atomic E-state index is 12.7. The highest BCUT2D eigenvalue weighted by molar-refractivity contribution is 8.15. The molecular formula is C14H16ClN3O4S2. The lowest BCUT2D eigenvalue weighted by atomic mass is 10.3. The van der Waals surface area contributed by atoms with Gasteiger partial charge in [0.15, 0.2) is 15.0 Å². The fourth-order valence-corrected chi connectivity index (χ4v) is 5.60. The van der Waals surface area contributed by atoms with Crippen molar-refractivity contribution < 1.29 is 18.0 Å². The van der Waals surface area contributed by atoms with Gasteiger partial charge in [-0.15, -0.1) is 5.10 Å². The topological polar surface area (TPSA) is 95.9 Å². The lowest BCUT2D eigenvalue weighted by Gasteiger charge is -2.30. The Labute approximate surface area is 149 Å². The van der Waals surface area contributed by atoms with Crippen LogP contribution in [-0.2, 0) is 19.4 Å². The predicted octanol–water partition coefficient (Wildman–Crippen LogP) is 1.83. The molecule has 10 heteroatoms. The van der Waals surface area contributed by atoms with E-state index in [-0.39, 0.29) is 21.7 Å². The summed E-state index contributed by atoms with van der Waals surface area (Å²) < 4.78 is 25.3. The number of halogens is 1. The molecular weight excluding hydrogens is 374 g/mol. The van der Waals surface area contributed by atoms with E-state index in [1.807, 2.05) is 0 Å². The first-order chi connectivity index (χ1) is 11.0. The number of hydrazone groups is 1. The lowest BCUT2D eigenvalue weighted by Crippen LogP contribution is -2.45. The van der Waals surface area contributed by atoms with Crippen LogP contribution < -0.4 is 5.32 Å². The molecule has 130 valence electrons. The summed E-state index contributed by atoms with van der Waals surface area (Å²) in [6.07, 6.45) is 0. The number of rotatable bonds is 3. The van der Waals surface area contributed by atoms with Crippen molar-refractivity contribution in [2.24, 2.45) is 5.10 Å². The molecule has 1 aromatic carbocycles. The van der Waals surface area contributed by atoms with E-state index in [2.05, 4.69) is 10.4 Å². The van der Waals surface area contributed by atoms with Gasteiger partial charge in [-0.3, -0.25) is 9.59 Å². The highest BCUT2D eigenvalue weighted by atomic mass is 35.5. The third kappa shape index (κ3) is 4.08. The molecule has 7 nitrogen and oxygen atoms in total. The quantitative estimate of drug-likeness (QED) is 0.850. The molecule has 1 N–H and O–H groups in total. The zero-order chi connectivity index (χ0) is 18.1. The minimum absolute atomic E-state index is 0.102. The van der Waals surface area contributed by atoms with Gasteiger partial charge in [-0.1, -0.05) is 23.4 Å². The smallest absolute Gasteiger partial charge is 0.240 e. The van der Waals surface area contributed by atoms with E-state index in [1.165, 1.54) is 38.1 Å². The molecule has 24 heavy (non-hydrogen) atoms. The van der Waals surface area contributed by atoms with Crippen molar-refractivity contribution in [3.8, 4) is 0 Å². The van der Waals surface area contributed by atoms with Crippen LogP contribution in [0.3, 0.4) is 0 Å². The highest BCUT2D eigenvalue weighted by Gasteiger charge is 2.45. The fourth-order valence-electron chi connectivity index (χ4n) is 2.24. The largest absolute Gasteiger partial charge is 0.304 e. The second-order valence-electron chi connectivity index (χ2n) is 5.41. The summed E-state index contributed by atoms with van der Waals surface area (Å²) in [7, 11) is -3.70. The zero-order valence-corrected chi connectivity index (χ0v) is 15.6. The maximum Gasteiger partial charge on any atom is 0.240 e. The van der Waals surface area contributed by atoms with Crippen molar-refractivity contribution in [3.63, 3.8) is 0 Å². The number of nitrogens with zero attached hydrogens (tertiary/aromatic N) is 2. The van der Waals surface area contributed by atoms with Gasteiger partial charge in [0.25, 0.3) is 0 Å². The highest BCUT2D eigenvalue weighted by Crippen LogP contribution is 2.38. The molecule has 1 atom stereocenters. The number of hydrogen-bond donors (Lipinski definition) is 1. The number of hydrogen-bond acceptors (Lipinski definition) is 6. The van der Waals surface area contributed by atoms with Crippen molar-refractivity contribution in [1.29, 1.82) is 0 Å². The molecule has 0 aromatic heterocycles. The average molecular weight is 390 g/mol. The Morgan fingerprint density at radius 3 is 2.38 bits per heavy atom. The van der Waals surface area contributed by atoms with E-state index in [4.69, 9.17) is 11.6 Å². The summed E-state index contributed by atoms with van der Waals surface area (Å²) >= 11 is 6.80. The minimum Gasteiger partial charge on any atom is -0.304 e. The van der Waals surface area contributed by atoms with Crippen LogP contribution in [-0.4, -0.2) is 41.0 Å². The average Bonchev–Trinajstić information content (AvgIpc) is 2.74. The van der Waals surface area contributed by atoms with Gasteiger partial charge >= 0.3 is 0 Å². The van der Waals surface area contributed by atoms with Crippen LogP contribution in [0.25, 0.3) is 0 Å². The summed E-state index contributed by atoms with van der Waals surface area (Å²) in [6, 6.07) is 5.80. The standard InChI is InChI=1S/C14H16ClN3O4S2/c1-9(19)16-13-17-18(10(2)20)14(3,23-13)8-24(21,22)12-6-4-11(15)5-7-12/h4-7H,8H2,1-3H3,(H,16,17,19)/t14-/m0/s1. The van der Waals surface area contributed by atoms with Gasteiger partial charge in [-0.25, -0.2) is 13.4 Å². The van der Waals surface area contributed by atoms with Gasteiger partial charge in [0.05, 0.1) is 10.6 Å². The molecule has 0 bridgehead atoms. The van der Waals surface area contributed by atoms with Gasteiger partial charge in [0.2, 0.25) is 11.8 Å². The van der Waals surface area contributed by atoms with Crippen LogP contribution in [0.4, 0.5) is 0 Å². The maximum atomic E-state index is 12.7. The van der Waals surface area contributed by atoms with Crippen LogP contribution in [0.1, 0.15) is 20.8 Å². The molecule has 0 fully saturated rings. The van der Waals surface area contributed by atoms with Crippen LogP contribution in [0.15, 0.2) is 34.3 Å². The summed E-state index contributed by atoms with van der Waals surface area (Å²) in [5.41, 5.74) is 0. The van der Waals surface area contributed by atoms with Crippen molar-refractivity contribution in [2.75, 3.05) is 5.75 Å². The molecule has 0 unspecified atom stereocenters. The van der Waals surface area contributed by atoms with E-state index in [1.54, 1.807) is 6.92 Å². The van der Waals surface area contributed by atoms with Crippen LogP contribution in [0.5, 0.6) is 0 Å². The second-order valence-corrected chi connectivity index (χ2v) is 9.30. The van der Waals surface area contributed by atoms with Gasteiger partial charge in [-0.05, 0) is 31.2 Å². The summed E-state index contributed by atoms with van der Waals surface area (Å²) in [5, 5.41) is 8.20. The fraction of sp³-hybridized carbons (Fsp3) is 0.357. The Hall–Kier alpha value is -1.58. The third-order valence-corrected chi connectivity index (χ3v) is 6.67. The van der Waals surface area contributed by atoms with Crippen molar-refractivity contribution in [1.82, 2.24) is 10.3 Å². The number of amidine groups is 1. The first-order valence-corrected chi connectivity index (χ1v) is 9.72. The van der Waals surface area contributed by atoms with Crippen LogP contribution >= 0.6 is 23.4 Å². The van der Waals surface area contributed by atoms with Gasteiger partial charge in [-0.2, -0.15) is 0 Å². The molecule has 0 spiro atoms. The Morgan fingerprint density at radius 2 is 1.88 bits per heavy atom. The first-order valence-electron chi connectivity index (χ1n) is 6.88. The van der Waals surface area contributed by atoms with E-state index >= 15 is 0 Å². The van der Waals surface area contributed by atoms with E-state index in [0.717, 1.165) is 16.8 Å². The van der Waals surface area contributed by atoms with Crippen molar-refractivity contribution in [2.45, 2.75) is 30.5 Å². The Morgan fingerprint density at radius 1 is 1.29 bits per heavy atom. The van der Waals surface area contributed by atoms with E-state index in [9.17, 15) is 18.0 Å². The molecule has 2 amide bonds. The molecule has 2 rings (SSSR count). The monoisotopic (exact) mass is 389 g/mol. The molecule has 1 heterocycles. The molecule has 0 saturated heterocycles. The number of benzene rings is 1. The summed E-state index contributed by atoms with van der Waals surface area (Å²) in [6.45, 7) is 4.18. The molecule has 1 aromatic rings. The first kappa shape index (κ1) is 18.8. The predicted molar refractivity (Wildman–Crippen MR) is 93.3 cm³/mol. The summed E-state index contributed by atoms with van der Waals surface area (Å²) in [4.78, 5) is 22.0. The van der Waals surface area contributed by atoms with Crippen LogP contribution in [0, 0.1) is 0 Å². The molecule has 1 aliphatic rings. The Balaban J connectivity index is 2.30. The molecule has 1 aliphatic heterocycles. The number of sulfone groups is 1. The normalized spacial score (nSPS) is 20.7. The van der Waals surface area contributed by atoms with E-state index < -0.39 is 20.6 Å². The number of nitrogens with one attached hydrogen (secondary N) is 1. The number of carbonyl (C=O) groups excluding carboxylic acids is 2. The number of amides is 2.